The Morgan fingerprint density at radius 2 is 2.42 bits per heavy atom. The molecule has 1 aliphatic heterocycles. The van der Waals surface area contributed by atoms with E-state index < -0.39 is 6.09 Å². The highest BCUT2D eigenvalue weighted by atomic mass is 16.6. The van der Waals surface area contributed by atoms with E-state index >= 15 is 0 Å². The van der Waals surface area contributed by atoms with E-state index in [1.807, 2.05) is 6.92 Å². The molecule has 0 aromatic heterocycles. The lowest BCUT2D eigenvalue weighted by Crippen LogP contribution is -2.37. The van der Waals surface area contributed by atoms with Crippen molar-refractivity contribution in [1.82, 2.24) is 10.6 Å². The number of nitrogens with one attached hydrogen (secondary N) is 2. The van der Waals surface area contributed by atoms with Crippen LogP contribution < -0.4 is 10.6 Å². The number of ether oxygens (including phenoxy) is 1. The van der Waals surface area contributed by atoms with E-state index in [1.165, 1.54) is 6.92 Å². The second kappa shape index (κ2) is 3.42. The Labute approximate surface area is 70.5 Å². The number of hydrogen-bond acceptors (Lipinski definition) is 3. The summed E-state index contributed by atoms with van der Waals surface area (Å²) < 4.78 is 4.86. The van der Waals surface area contributed by atoms with Crippen LogP contribution in [0.15, 0.2) is 0 Å². The van der Waals surface area contributed by atoms with E-state index in [2.05, 4.69) is 10.6 Å². The second-order valence-electron chi connectivity index (χ2n) is 2.81. The van der Waals surface area contributed by atoms with E-state index in [4.69, 9.17) is 4.74 Å². The van der Waals surface area contributed by atoms with E-state index in [0.29, 0.717) is 6.54 Å². The molecule has 0 saturated carbocycles. The van der Waals surface area contributed by atoms with E-state index in [1.54, 1.807) is 0 Å². The van der Waals surface area contributed by atoms with Crippen LogP contribution in [0.5, 0.6) is 0 Å². The van der Waals surface area contributed by atoms with Crippen molar-refractivity contribution in [1.29, 1.82) is 0 Å². The fraction of sp³-hybridized carbons (Fsp3) is 0.714. The van der Waals surface area contributed by atoms with Crippen LogP contribution in [0, 0.1) is 0 Å². The third-order valence-electron chi connectivity index (χ3n) is 1.71. The molecule has 2 atom stereocenters. The van der Waals surface area contributed by atoms with Crippen molar-refractivity contribution < 1.29 is 14.3 Å². The molecule has 5 nitrogen and oxygen atoms in total. The maximum absolute atomic E-state index is 10.7. The lowest BCUT2D eigenvalue weighted by molar-refractivity contribution is -0.119. The Morgan fingerprint density at radius 3 is 2.83 bits per heavy atom. The van der Waals surface area contributed by atoms with Crippen molar-refractivity contribution in [2.24, 2.45) is 0 Å². The van der Waals surface area contributed by atoms with E-state index in [0.717, 1.165) is 0 Å². The molecule has 1 fully saturated rings. The minimum atomic E-state index is -0.419. The Morgan fingerprint density at radius 1 is 1.75 bits per heavy atom. The van der Waals surface area contributed by atoms with Crippen LogP contribution in [-0.4, -0.2) is 30.7 Å². The number of rotatable bonds is 2. The summed E-state index contributed by atoms with van der Waals surface area (Å²) in [4.78, 5) is 21.2. The Hall–Kier alpha value is -1.26. The molecule has 12 heavy (non-hydrogen) atoms. The summed E-state index contributed by atoms with van der Waals surface area (Å²) >= 11 is 0. The van der Waals surface area contributed by atoms with Crippen molar-refractivity contribution in [3.05, 3.63) is 0 Å². The van der Waals surface area contributed by atoms with Gasteiger partial charge < -0.3 is 15.4 Å². The molecule has 68 valence electrons. The predicted octanol–water partition coefficient (Wildman–Crippen LogP) is -0.381. The van der Waals surface area contributed by atoms with Crippen molar-refractivity contribution in [3.8, 4) is 0 Å². The molecule has 0 radical (unpaired) electrons. The summed E-state index contributed by atoms with van der Waals surface area (Å²) in [5.74, 6) is -0.120. The third-order valence-corrected chi connectivity index (χ3v) is 1.71. The van der Waals surface area contributed by atoms with Gasteiger partial charge in [0.25, 0.3) is 0 Å². The molecule has 0 aromatic rings. The van der Waals surface area contributed by atoms with Gasteiger partial charge in [-0.1, -0.05) is 0 Å². The van der Waals surface area contributed by atoms with Crippen LogP contribution in [0.25, 0.3) is 0 Å². The molecule has 1 rings (SSSR count). The second-order valence-corrected chi connectivity index (χ2v) is 2.81. The number of carbonyl (C=O) groups excluding carboxylic acids is 2. The zero-order chi connectivity index (χ0) is 9.14. The zero-order valence-electron chi connectivity index (χ0n) is 7.09. The summed E-state index contributed by atoms with van der Waals surface area (Å²) in [5, 5.41) is 5.16. The standard InChI is InChI=1S/C7H12N2O3/c1-4-6(3-8-5(2)10)12-7(11)9-4/h4,6H,3H2,1-2H3,(H,8,10)(H,9,11). The minimum absolute atomic E-state index is 0.0376. The average Bonchev–Trinajstić information content (AvgIpc) is 2.26. The topological polar surface area (TPSA) is 67.4 Å². The quantitative estimate of drug-likeness (QED) is 0.596. The average molecular weight is 172 g/mol. The Bertz CT molecular complexity index is 205. The Kier molecular flexibility index (Phi) is 2.52. The summed E-state index contributed by atoms with van der Waals surface area (Å²) in [5.41, 5.74) is 0. The highest BCUT2D eigenvalue weighted by molar-refractivity contribution is 5.73. The minimum Gasteiger partial charge on any atom is -0.442 e. The number of carbonyl (C=O) groups is 2. The molecule has 1 heterocycles. The molecular formula is C7H12N2O3. The van der Waals surface area contributed by atoms with E-state index in [-0.39, 0.29) is 18.1 Å². The molecule has 0 aliphatic carbocycles. The molecule has 2 amide bonds. The molecule has 1 aliphatic rings. The third kappa shape index (κ3) is 2.11. The SMILES string of the molecule is CC(=O)NCC1OC(=O)NC1C. The summed E-state index contributed by atoms with van der Waals surface area (Å²) in [6.45, 7) is 3.63. The summed E-state index contributed by atoms with van der Waals surface area (Å²) in [7, 11) is 0. The van der Waals surface area contributed by atoms with Gasteiger partial charge in [0.2, 0.25) is 5.91 Å². The van der Waals surface area contributed by atoms with Gasteiger partial charge in [-0.25, -0.2) is 4.79 Å². The van der Waals surface area contributed by atoms with Crippen LogP contribution in [0.1, 0.15) is 13.8 Å². The fourth-order valence-electron chi connectivity index (χ4n) is 1.02. The first-order valence-electron chi connectivity index (χ1n) is 3.81. The first kappa shape index (κ1) is 8.83. The van der Waals surface area contributed by atoms with Crippen molar-refractivity contribution in [2.45, 2.75) is 26.0 Å². The molecule has 0 spiro atoms. The maximum atomic E-state index is 10.7. The van der Waals surface area contributed by atoms with Gasteiger partial charge in [-0.3, -0.25) is 4.79 Å². The predicted molar refractivity (Wildman–Crippen MR) is 41.6 cm³/mol. The highest BCUT2D eigenvalue weighted by Gasteiger charge is 2.30. The fourth-order valence-corrected chi connectivity index (χ4v) is 1.02. The van der Waals surface area contributed by atoms with Crippen molar-refractivity contribution in [3.63, 3.8) is 0 Å². The van der Waals surface area contributed by atoms with Crippen LogP contribution in [0.3, 0.4) is 0 Å². The van der Waals surface area contributed by atoms with Gasteiger partial charge in [0.1, 0.15) is 6.10 Å². The van der Waals surface area contributed by atoms with Crippen LogP contribution in [0.2, 0.25) is 0 Å². The molecular weight excluding hydrogens is 160 g/mol. The van der Waals surface area contributed by atoms with Gasteiger partial charge in [0.05, 0.1) is 12.6 Å². The van der Waals surface area contributed by atoms with Gasteiger partial charge in [0.15, 0.2) is 0 Å². The molecule has 0 aromatic carbocycles. The zero-order valence-corrected chi connectivity index (χ0v) is 7.09. The van der Waals surface area contributed by atoms with Crippen LogP contribution in [-0.2, 0) is 9.53 Å². The van der Waals surface area contributed by atoms with Gasteiger partial charge in [-0.05, 0) is 6.92 Å². The largest absolute Gasteiger partial charge is 0.442 e. The van der Waals surface area contributed by atoms with Crippen LogP contribution in [0.4, 0.5) is 4.79 Å². The van der Waals surface area contributed by atoms with E-state index in [9.17, 15) is 9.59 Å². The van der Waals surface area contributed by atoms with Crippen LogP contribution >= 0.6 is 0 Å². The highest BCUT2D eigenvalue weighted by Crippen LogP contribution is 2.06. The first-order valence-corrected chi connectivity index (χ1v) is 3.81. The lowest BCUT2D eigenvalue weighted by atomic mass is 10.2. The van der Waals surface area contributed by atoms with Gasteiger partial charge in [-0.15, -0.1) is 0 Å². The smallest absolute Gasteiger partial charge is 0.407 e. The molecule has 5 heteroatoms. The van der Waals surface area contributed by atoms with Gasteiger partial charge in [0, 0.05) is 6.92 Å². The van der Waals surface area contributed by atoms with Crippen molar-refractivity contribution >= 4 is 12.0 Å². The maximum Gasteiger partial charge on any atom is 0.407 e. The molecule has 1 saturated heterocycles. The monoisotopic (exact) mass is 172 g/mol. The van der Waals surface area contributed by atoms with Crippen molar-refractivity contribution in [2.75, 3.05) is 6.54 Å². The molecule has 2 N–H and O–H groups in total. The van der Waals surface area contributed by atoms with Gasteiger partial charge in [-0.2, -0.15) is 0 Å². The molecule has 0 bridgehead atoms. The number of alkyl carbamates (subject to hydrolysis) is 1. The lowest BCUT2D eigenvalue weighted by Gasteiger charge is -2.12. The molecule has 2 unspecified atom stereocenters. The Balaban J connectivity index is 2.33. The normalized spacial score (nSPS) is 27.7. The number of cyclic esters (lactones) is 1. The summed E-state index contributed by atoms with van der Waals surface area (Å²) in [6.07, 6.45) is -0.667. The number of amides is 2. The first-order chi connectivity index (χ1) is 5.59. The van der Waals surface area contributed by atoms with Gasteiger partial charge >= 0.3 is 6.09 Å². The summed E-state index contributed by atoms with van der Waals surface area (Å²) in [6, 6.07) is -0.0376. The number of hydrogen-bond donors (Lipinski definition) is 2.